The Balaban J connectivity index is 2.63. The first-order chi connectivity index (χ1) is 8.57. The van der Waals surface area contributed by atoms with Gasteiger partial charge in [-0.25, -0.2) is 0 Å². The number of amides is 1. The zero-order valence-electron chi connectivity index (χ0n) is 11.3. The lowest BCUT2D eigenvalue weighted by Crippen LogP contribution is -2.41. The predicted octanol–water partition coefficient (Wildman–Crippen LogP) is 2.29. The average Bonchev–Trinajstić information content (AvgIpc) is 2.43. The first-order valence-electron chi connectivity index (χ1n) is 6.14. The second-order valence-electron chi connectivity index (χ2n) is 4.47. The minimum atomic E-state index is -0.562. The largest absolute Gasteiger partial charge is 0.341 e. The Morgan fingerprint density at radius 3 is 2.56 bits per heavy atom. The molecule has 1 aromatic carbocycles. The summed E-state index contributed by atoms with van der Waals surface area (Å²) < 4.78 is 0. The lowest BCUT2D eigenvalue weighted by Gasteiger charge is -2.27. The fourth-order valence-electron chi connectivity index (χ4n) is 1.72. The number of benzene rings is 1. The SMILES string of the molecule is CSCCC(C)N(C)C(=O)C(N)c1ccccc1. The van der Waals surface area contributed by atoms with Crippen molar-refractivity contribution in [2.24, 2.45) is 5.73 Å². The van der Waals surface area contributed by atoms with Crippen molar-refractivity contribution < 1.29 is 4.79 Å². The van der Waals surface area contributed by atoms with Crippen molar-refractivity contribution in [2.75, 3.05) is 19.1 Å². The highest BCUT2D eigenvalue weighted by molar-refractivity contribution is 7.98. The minimum absolute atomic E-state index is 0.0187. The van der Waals surface area contributed by atoms with E-state index in [2.05, 4.69) is 13.2 Å². The maximum absolute atomic E-state index is 12.2. The predicted molar refractivity (Wildman–Crippen MR) is 78.6 cm³/mol. The van der Waals surface area contributed by atoms with Gasteiger partial charge in [0.05, 0.1) is 0 Å². The summed E-state index contributed by atoms with van der Waals surface area (Å²) in [6.45, 7) is 2.06. The van der Waals surface area contributed by atoms with E-state index in [1.165, 1.54) is 0 Å². The van der Waals surface area contributed by atoms with E-state index in [1.54, 1.807) is 16.7 Å². The molecule has 0 bridgehead atoms. The highest BCUT2D eigenvalue weighted by atomic mass is 32.2. The maximum atomic E-state index is 12.2. The third-order valence-electron chi connectivity index (χ3n) is 3.17. The van der Waals surface area contributed by atoms with Gasteiger partial charge in [-0.2, -0.15) is 11.8 Å². The highest BCUT2D eigenvalue weighted by Gasteiger charge is 2.22. The smallest absolute Gasteiger partial charge is 0.244 e. The molecule has 0 aliphatic carbocycles. The second kappa shape index (κ2) is 7.44. The molecular weight excluding hydrogens is 244 g/mol. The van der Waals surface area contributed by atoms with Crippen molar-refractivity contribution in [3.63, 3.8) is 0 Å². The van der Waals surface area contributed by atoms with E-state index >= 15 is 0 Å². The van der Waals surface area contributed by atoms with Crippen LogP contribution in [-0.4, -0.2) is 35.9 Å². The Morgan fingerprint density at radius 2 is 2.00 bits per heavy atom. The van der Waals surface area contributed by atoms with Crippen LogP contribution in [0.25, 0.3) is 0 Å². The van der Waals surface area contributed by atoms with Gasteiger partial charge in [-0.3, -0.25) is 4.79 Å². The Morgan fingerprint density at radius 1 is 1.39 bits per heavy atom. The van der Waals surface area contributed by atoms with Crippen molar-refractivity contribution in [1.29, 1.82) is 0 Å². The molecule has 0 aromatic heterocycles. The molecule has 0 radical (unpaired) electrons. The summed E-state index contributed by atoms with van der Waals surface area (Å²) in [7, 11) is 1.83. The molecule has 2 atom stereocenters. The fraction of sp³-hybridized carbons (Fsp3) is 0.500. The van der Waals surface area contributed by atoms with Crippen LogP contribution in [0.15, 0.2) is 30.3 Å². The van der Waals surface area contributed by atoms with E-state index in [0.29, 0.717) is 0 Å². The van der Waals surface area contributed by atoms with Gasteiger partial charge in [-0.05, 0) is 30.9 Å². The number of carbonyl (C=O) groups is 1. The summed E-state index contributed by atoms with van der Waals surface area (Å²) in [4.78, 5) is 14.0. The van der Waals surface area contributed by atoms with Gasteiger partial charge in [0.2, 0.25) is 5.91 Å². The fourth-order valence-corrected chi connectivity index (χ4v) is 2.30. The molecule has 3 nitrogen and oxygen atoms in total. The molecular formula is C14H22N2OS. The van der Waals surface area contributed by atoms with Crippen LogP contribution in [-0.2, 0) is 4.79 Å². The standard InChI is InChI=1S/C14H22N2OS/c1-11(9-10-18-3)16(2)14(17)13(15)12-7-5-4-6-8-12/h4-8,11,13H,9-10,15H2,1-3H3. The molecule has 18 heavy (non-hydrogen) atoms. The van der Waals surface area contributed by atoms with Crippen LogP contribution >= 0.6 is 11.8 Å². The van der Waals surface area contributed by atoms with Crippen molar-refractivity contribution in [1.82, 2.24) is 4.90 Å². The Hall–Kier alpha value is -1.00. The maximum Gasteiger partial charge on any atom is 0.244 e. The van der Waals surface area contributed by atoms with E-state index in [1.807, 2.05) is 37.4 Å². The van der Waals surface area contributed by atoms with Gasteiger partial charge in [-0.15, -0.1) is 0 Å². The van der Waals surface area contributed by atoms with Crippen molar-refractivity contribution >= 4 is 17.7 Å². The second-order valence-corrected chi connectivity index (χ2v) is 5.45. The van der Waals surface area contributed by atoms with E-state index in [0.717, 1.165) is 17.7 Å². The van der Waals surface area contributed by atoms with Gasteiger partial charge in [0, 0.05) is 13.1 Å². The molecule has 2 unspecified atom stereocenters. The normalized spacial score (nSPS) is 14.0. The molecule has 0 saturated carbocycles. The molecule has 0 aliphatic rings. The van der Waals surface area contributed by atoms with Gasteiger partial charge >= 0.3 is 0 Å². The number of nitrogens with zero attached hydrogens (tertiary/aromatic N) is 1. The number of thioether (sulfide) groups is 1. The van der Waals surface area contributed by atoms with E-state index in [9.17, 15) is 4.79 Å². The van der Waals surface area contributed by atoms with Crippen molar-refractivity contribution in [2.45, 2.75) is 25.4 Å². The quantitative estimate of drug-likeness (QED) is 0.859. The number of likely N-dealkylation sites (N-methyl/N-ethyl adjacent to an activating group) is 1. The number of nitrogens with two attached hydrogens (primary N) is 1. The number of hydrogen-bond acceptors (Lipinski definition) is 3. The Bertz CT molecular complexity index is 369. The van der Waals surface area contributed by atoms with Crippen LogP contribution < -0.4 is 5.73 Å². The molecule has 1 aromatic rings. The van der Waals surface area contributed by atoms with Crippen LogP contribution in [0.3, 0.4) is 0 Å². The third-order valence-corrected chi connectivity index (χ3v) is 3.82. The van der Waals surface area contributed by atoms with Gasteiger partial charge < -0.3 is 10.6 Å². The summed E-state index contributed by atoms with van der Waals surface area (Å²) >= 11 is 1.79. The summed E-state index contributed by atoms with van der Waals surface area (Å²) in [5.74, 6) is 1.04. The molecule has 1 rings (SSSR count). The van der Waals surface area contributed by atoms with Crippen LogP contribution in [0.4, 0.5) is 0 Å². The summed E-state index contributed by atoms with van der Waals surface area (Å²) in [5, 5.41) is 0. The van der Waals surface area contributed by atoms with Crippen LogP contribution in [0.1, 0.15) is 24.9 Å². The van der Waals surface area contributed by atoms with Gasteiger partial charge in [0.25, 0.3) is 0 Å². The van der Waals surface area contributed by atoms with Crippen molar-refractivity contribution in [3.05, 3.63) is 35.9 Å². The molecule has 2 N–H and O–H groups in total. The minimum Gasteiger partial charge on any atom is -0.341 e. The molecule has 0 heterocycles. The highest BCUT2D eigenvalue weighted by Crippen LogP contribution is 2.15. The molecule has 4 heteroatoms. The summed E-state index contributed by atoms with van der Waals surface area (Å²) in [6, 6.07) is 9.17. The Labute approximate surface area is 114 Å². The summed E-state index contributed by atoms with van der Waals surface area (Å²) in [5.41, 5.74) is 6.88. The molecule has 0 fully saturated rings. The zero-order valence-corrected chi connectivity index (χ0v) is 12.1. The number of rotatable bonds is 6. The van der Waals surface area contributed by atoms with Crippen LogP contribution in [0, 0.1) is 0 Å². The van der Waals surface area contributed by atoms with Gasteiger partial charge in [-0.1, -0.05) is 30.3 Å². The lowest BCUT2D eigenvalue weighted by atomic mass is 10.1. The average molecular weight is 266 g/mol. The zero-order chi connectivity index (χ0) is 13.5. The van der Waals surface area contributed by atoms with E-state index < -0.39 is 6.04 Å². The van der Waals surface area contributed by atoms with E-state index in [4.69, 9.17) is 5.73 Å². The first kappa shape index (κ1) is 15.1. The van der Waals surface area contributed by atoms with E-state index in [-0.39, 0.29) is 11.9 Å². The molecule has 0 aliphatic heterocycles. The van der Waals surface area contributed by atoms with Crippen LogP contribution in [0.5, 0.6) is 0 Å². The topological polar surface area (TPSA) is 46.3 Å². The number of carbonyl (C=O) groups excluding carboxylic acids is 1. The summed E-state index contributed by atoms with van der Waals surface area (Å²) in [6.07, 6.45) is 3.06. The number of hydrogen-bond donors (Lipinski definition) is 1. The molecule has 0 spiro atoms. The van der Waals surface area contributed by atoms with Gasteiger partial charge in [0.1, 0.15) is 6.04 Å². The Kier molecular flexibility index (Phi) is 6.22. The lowest BCUT2D eigenvalue weighted by molar-refractivity contribution is -0.133. The van der Waals surface area contributed by atoms with Gasteiger partial charge in [0.15, 0.2) is 0 Å². The molecule has 0 saturated heterocycles. The van der Waals surface area contributed by atoms with Crippen molar-refractivity contribution in [3.8, 4) is 0 Å². The molecule has 100 valence electrons. The first-order valence-corrected chi connectivity index (χ1v) is 7.53. The van der Waals surface area contributed by atoms with Crippen LogP contribution in [0.2, 0.25) is 0 Å². The molecule has 1 amide bonds. The monoisotopic (exact) mass is 266 g/mol. The third kappa shape index (κ3) is 4.03.